The Labute approximate surface area is 164 Å². The normalized spacial score (nSPS) is 20.9. The van der Waals surface area contributed by atoms with E-state index >= 15 is 0 Å². The molecule has 0 saturated carbocycles. The van der Waals surface area contributed by atoms with Gasteiger partial charge in [0.05, 0.1) is 0 Å². The van der Waals surface area contributed by atoms with Gasteiger partial charge < -0.3 is 4.90 Å². The number of anilines is 1. The lowest BCUT2D eigenvalue weighted by Gasteiger charge is -2.36. The zero-order chi connectivity index (χ0) is 19.3. The Balaban J connectivity index is 1.34. The smallest absolute Gasteiger partial charge is 0.279 e. The molecule has 152 valence electrons. The Hall–Kier alpha value is -1.15. The quantitative estimate of drug-likeness (QED) is 0.720. The van der Waals surface area contributed by atoms with E-state index in [0.717, 1.165) is 52.0 Å². The Morgan fingerprint density at radius 3 is 2.44 bits per heavy atom. The number of nitrogens with zero attached hydrogens (tertiary/aromatic N) is 3. The molecule has 0 radical (unpaired) electrons. The van der Waals surface area contributed by atoms with Crippen molar-refractivity contribution in [1.82, 2.24) is 13.9 Å². The summed E-state index contributed by atoms with van der Waals surface area (Å²) < 4.78 is 29.1. The Morgan fingerprint density at radius 1 is 1.07 bits per heavy atom. The minimum absolute atomic E-state index is 0.520. The average molecular weight is 395 g/mol. The van der Waals surface area contributed by atoms with Gasteiger partial charge in [-0.05, 0) is 56.3 Å². The van der Waals surface area contributed by atoms with Crippen LogP contribution in [0.2, 0.25) is 0 Å². The van der Waals surface area contributed by atoms with Crippen molar-refractivity contribution in [2.45, 2.75) is 33.1 Å². The molecule has 0 unspecified atom stereocenters. The summed E-state index contributed by atoms with van der Waals surface area (Å²) >= 11 is 0. The average Bonchev–Trinajstić information content (AvgIpc) is 2.66. The van der Waals surface area contributed by atoms with E-state index in [1.54, 1.807) is 4.31 Å². The van der Waals surface area contributed by atoms with Gasteiger partial charge in [0.1, 0.15) is 0 Å². The highest BCUT2D eigenvalue weighted by atomic mass is 32.2. The molecule has 2 aliphatic heterocycles. The summed E-state index contributed by atoms with van der Waals surface area (Å²) in [6, 6.07) is 8.67. The summed E-state index contributed by atoms with van der Waals surface area (Å²) in [5.74, 6) is 0.634. The topological polar surface area (TPSA) is 55.9 Å². The fourth-order valence-corrected chi connectivity index (χ4v) is 5.15. The molecule has 2 aliphatic rings. The molecule has 3 rings (SSSR count). The summed E-state index contributed by atoms with van der Waals surface area (Å²) in [5.41, 5.74) is 2.60. The van der Waals surface area contributed by atoms with E-state index in [1.165, 1.54) is 11.3 Å². The van der Waals surface area contributed by atoms with Crippen molar-refractivity contribution in [1.29, 1.82) is 0 Å². The molecule has 0 atom stereocenters. The van der Waals surface area contributed by atoms with Crippen LogP contribution in [0.5, 0.6) is 0 Å². The first kappa shape index (κ1) is 20.6. The van der Waals surface area contributed by atoms with Crippen LogP contribution < -0.4 is 9.62 Å². The second kappa shape index (κ2) is 9.37. The van der Waals surface area contributed by atoms with E-state index in [-0.39, 0.29) is 0 Å². The highest BCUT2D eigenvalue weighted by molar-refractivity contribution is 7.87. The highest BCUT2D eigenvalue weighted by Crippen LogP contribution is 2.19. The van der Waals surface area contributed by atoms with Crippen LogP contribution in [0.4, 0.5) is 5.69 Å². The number of benzene rings is 1. The zero-order valence-corrected chi connectivity index (χ0v) is 17.5. The van der Waals surface area contributed by atoms with E-state index in [0.29, 0.717) is 25.6 Å². The van der Waals surface area contributed by atoms with Crippen LogP contribution >= 0.6 is 0 Å². The summed E-state index contributed by atoms with van der Waals surface area (Å²) in [7, 11) is -3.30. The monoisotopic (exact) mass is 394 g/mol. The number of piperidine rings is 1. The molecule has 1 aromatic rings. The lowest BCUT2D eigenvalue weighted by Crippen LogP contribution is -2.48. The molecule has 0 amide bonds. The van der Waals surface area contributed by atoms with Gasteiger partial charge in [-0.25, -0.2) is 4.72 Å². The van der Waals surface area contributed by atoms with Crippen LogP contribution in [0.15, 0.2) is 24.3 Å². The Bertz CT molecular complexity index is 694. The van der Waals surface area contributed by atoms with E-state index in [4.69, 9.17) is 0 Å². The maximum atomic E-state index is 12.4. The molecule has 0 aromatic heterocycles. The molecule has 1 N–H and O–H groups in total. The highest BCUT2D eigenvalue weighted by Gasteiger charge is 2.26. The number of hydrogen-bond donors (Lipinski definition) is 1. The molecular formula is C20H34N4O2S. The third-order valence-electron chi connectivity index (χ3n) is 5.76. The fraction of sp³-hybridized carbons (Fsp3) is 0.700. The molecule has 0 aliphatic carbocycles. The van der Waals surface area contributed by atoms with Gasteiger partial charge in [-0.1, -0.05) is 19.1 Å². The molecule has 6 nitrogen and oxygen atoms in total. The van der Waals surface area contributed by atoms with Crippen molar-refractivity contribution in [2.24, 2.45) is 5.92 Å². The zero-order valence-electron chi connectivity index (χ0n) is 16.7. The number of nitrogens with one attached hydrogen (secondary N) is 1. The van der Waals surface area contributed by atoms with Gasteiger partial charge in [-0.3, -0.25) is 4.90 Å². The second-order valence-corrected chi connectivity index (χ2v) is 9.76. The molecule has 2 saturated heterocycles. The van der Waals surface area contributed by atoms with E-state index in [9.17, 15) is 8.42 Å². The Kier molecular flexibility index (Phi) is 7.14. The van der Waals surface area contributed by atoms with E-state index in [1.807, 2.05) is 0 Å². The van der Waals surface area contributed by atoms with Crippen molar-refractivity contribution in [3.05, 3.63) is 29.8 Å². The number of aryl methyl sites for hydroxylation is 1. The molecule has 1 aromatic carbocycles. The number of rotatable bonds is 7. The second-order valence-electron chi connectivity index (χ2n) is 8.00. The SMILES string of the molecule is Cc1cccc(N2CCN(CCCNS(=O)(=O)N3CCC(C)CC3)CC2)c1. The van der Waals surface area contributed by atoms with Crippen molar-refractivity contribution >= 4 is 15.9 Å². The summed E-state index contributed by atoms with van der Waals surface area (Å²) in [6.45, 7) is 11.2. The molecule has 2 fully saturated rings. The first-order valence-electron chi connectivity index (χ1n) is 10.2. The fourth-order valence-electron chi connectivity index (χ4n) is 3.87. The van der Waals surface area contributed by atoms with Crippen LogP contribution in [0.25, 0.3) is 0 Å². The number of hydrogen-bond acceptors (Lipinski definition) is 4. The van der Waals surface area contributed by atoms with Crippen LogP contribution in [-0.4, -0.2) is 70.0 Å². The molecule has 2 heterocycles. The molecule has 0 spiro atoms. The number of piperazine rings is 1. The van der Waals surface area contributed by atoms with Crippen molar-refractivity contribution in [3.8, 4) is 0 Å². The van der Waals surface area contributed by atoms with Crippen LogP contribution in [0.1, 0.15) is 31.7 Å². The van der Waals surface area contributed by atoms with Gasteiger partial charge in [-0.15, -0.1) is 0 Å². The van der Waals surface area contributed by atoms with Gasteiger partial charge in [0.15, 0.2) is 0 Å². The molecular weight excluding hydrogens is 360 g/mol. The first-order chi connectivity index (χ1) is 12.9. The maximum Gasteiger partial charge on any atom is 0.279 e. The minimum atomic E-state index is -3.30. The van der Waals surface area contributed by atoms with Crippen LogP contribution in [0.3, 0.4) is 0 Å². The van der Waals surface area contributed by atoms with Gasteiger partial charge in [0.2, 0.25) is 0 Å². The molecule has 0 bridgehead atoms. The molecule has 7 heteroatoms. The standard InChI is InChI=1S/C20H34N4O2S/c1-18-7-11-24(12-8-18)27(25,26)21-9-4-10-22-13-15-23(16-14-22)20-6-3-5-19(2)17-20/h3,5-6,17-18,21H,4,7-16H2,1-2H3. The largest absolute Gasteiger partial charge is 0.369 e. The predicted octanol–water partition coefficient (Wildman–Crippen LogP) is 2.07. The predicted molar refractivity (Wildman–Crippen MR) is 111 cm³/mol. The molecule has 27 heavy (non-hydrogen) atoms. The summed E-state index contributed by atoms with van der Waals surface area (Å²) in [4.78, 5) is 4.87. The van der Waals surface area contributed by atoms with Crippen molar-refractivity contribution < 1.29 is 8.42 Å². The van der Waals surface area contributed by atoms with E-state index in [2.05, 4.69) is 52.6 Å². The van der Waals surface area contributed by atoms with Crippen molar-refractivity contribution in [3.63, 3.8) is 0 Å². The lowest BCUT2D eigenvalue weighted by molar-refractivity contribution is 0.254. The van der Waals surface area contributed by atoms with Crippen molar-refractivity contribution in [2.75, 3.05) is 57.3 Å². The van der Waals surface area contributed by atoms with Gasteiger partial charge in [-0.2, -0.15) is 12.7 Å². The maximum absolute atomic E-state index is 12.4. The minimum Gasteiger partial charge on any atom is -0.369 e. The Morgan fingerprint density at radius 2 is 1.78 bits per heavy atom. The van der Waals surface area contributed by atoms with Gasteiger partial charge in [0.25, 0.3) is 10.2 Å². The first-order valence-corrected chi connectivity index (χ1v) is 11.7. The van der Waals surface area contributed by atoms with Crippen LogP contribution in [0, 0.1) is 12.8 Å². The lowest BCUT2D eigenvalue weighted by atomic mass is 10.0. The summed E-state index contributed by atoms with van der Waals surface area (Å²) in [5, 5.41) is 0. The summed E-state index contributed by atoms with van der Waals surface area (Å²) in [6.07, 6.45) is 2.78. The third-order valence-corrected chi connectivity index (χ3v) is 7.37. The van der Waals surface area contributed by atoms with E-state index < -0.39 is 10.2 Å². The van der Waals surface area contributed by atoms with Crippen LogP contribution in [-0.2, 0) is 10.2 Å². The van der Waals surface area contributed by atoms with Gasteiger partial charge in [0, 0.05) is 51.5 Å². The third kappa shape index (κ3) is 5.91. The van der Waals surface area contributed by atoms with Gasteiger partial charge >= 0.3 is 0 Å².